The molecule has 3 rings (SSSR count). The van der Waals surface area contributed by atoms with Crippen LogP contribution in [0.1, 0.15) is 25.7 Å². The van der Waals surface area contributed by atoms with Crippen LogP contribution in [0.4, 0.5) is 10.1 Å². The quantitative estimate of drug-likeness (QED) is 0.915. The molecule has 6 heteroatoms. The summed E-state index contributed by atoms with van der Waals surface area (Å²) in [5, 5.41) is 12.2. The maximum atomic E-state index is 14.1. The lowest BCUT2D eigenvalue weighted by Crippen LogP contribution is -2.28. The highest BCUT2D eigenvalue weighted by Gasteiger charge is 2.25. The number of aliphatic hydroxyl groups excluding tert-OH is 1. The van der Waals surface area contributed by atoms with E-state index in [4.69, 9.17) is 0 Å². The molecule has 116 valence electrons. The van der Waals surface area contributed by atoms with Crippen LogP contribution in [-0.4, -0.2) is 26.7 Å². The summed E-state index contributed by atoms with van der Waals surface area (Å²) in [6.45, 7) is 0. The largest absolute Gasteiger partial charge is 0.393 e. The monoisotopic (exact) mass is 303 g/mol. The zero-order valence-electron chi connectivity index (χ0n) is 12.1. The fourth-order valence-corrected chi connectivity index (χ4v) is 2.78. The third-order valence-electron chi connectivity index (χ3n) is 4.07. The molecule has 1 aliphatic rings. The maximum absolute atomic E-state index is 14.1. The van der Waals surface area contributed by atoms with E-state index in [-0.39, 0.29) is 17.9 Å². The number of nitrogens with one attached hydrogen (secondary N) is 1. The van der Waals surface area contributed by atoms with Crippen molar-refractivity contribution >= 4 is 11.6 Å². The number of carbonyl (C=O) groups is 1. The van der Waals surface area contributed by atoms with Gasteiger partial charge >= 0.3 is 0 Å². The number of aliphatic hydroxyl groups is 1. The predicted molar refractivity (Wildman–Crippen MR) is 80.1 cm³/mol. The van der Waals surface area contributed by atoms with Crippen LogP contribution < -0.4 is 5.32 Å². The van der Waals surface area contributed by atoms with Crippen LogP contribution in [0, 0.1) is 11.7 Å². The van der Waals surface area contributed by atoms with E-state index in [2.05, 4.69) is 10.3 Å². The Hall–Kier alpha value is -2.21. The van der Waals surface area contributed by atoms with Gasteiger partial charge in [0.1, 0.15) is 5.82 Å². The van der Waals surface area contributed by atoms with Gasteiger partial charge in [-0.05, 0) is 43.9 Å². The molecule has 0 radical (unpaired) electrons. The molecule has 0 bridgehead atoms. The lowest BCUT2D eigenvalue weighted by molar-refractivity contribution is -0.121. The highest BCUT2D eigenvalue weighted by molar-refractivity contribution is 5.92. The van der Waals surface area contributed by atoms with Crippen molar-refractivity contribution in [2.75, 3.05) is 5.32 Å². The lowest BCUT2D eigenvalue weighted by Gasteiger charge is -2.24. The van der Waals surface area contributed by atoms with Crippen LogP contribution >= 0.6 is 0 Å². The molecule has 0 unspecified atom stereocenters. The number of rotatable bonds is 3. The van der Waals surface area contributed by atoms with Gasteiger partial charge in [0.05, 0.1) is 18.1 Å². The van der Waals surface area contributed by atoms with Crippen LogP contribution in [0.3, 0.4) is 0 Å². The molecular weight excluding hydrogens is 285 g/mol. The molecular formula is C16H18FN3O2. The van der Waals surface area contributed by atoms with E-state index in [0.717, 1.165) is 0 Å². The number of carbonyl (C=O) groups excluding carboxylic acids is 1. The Morgan fingerprint density at radius 2 is 2.09 bits per heavy atom. The average Bonchev–Trinajstić information content (AvgIpc) is 3.02. The van der Waals surface area contributed by atoms with Gasteiger partial charge in [0.15, 0.2) is 0 Å². The first kappa shape index (κ1) is 14.7. The van der Waals surface area contributed by atoms with Gasteiger partial charge in [-0.2, -0.15) is 0 Å². The fraction of sp³-hybridized carbons (Fsp3) is 0.375. The zero-order valence-corrected chi connectivity index (χ0v) is 12.1. The van der Waals surface area contributed by atoms with Crippen molar-refractivity contribution in [3.05, 3.63) is 42.7 Å². The molecule has 5 nitrogen and oxygen atoms in total. The first-order valence-electron chi connectivity index (χ1n) is 7.40. The number of hydrogen-bond acceptors (Lipinski definition) is 3. The molecule has 0 saturated heterocycles. The molecule has 0 atom stereocenters. The van der Waals surface area contributed by atoms with Gasteiger partial charge in [0.2, 0.25) is 5.91 Å². The molecule has 22 heavy (non-hydrogen) atoms. The second-order valence-electron chi connectivity index (χ2n) is 5.63. The first-order valence-corrected chi connectivity index (χ1v) is 7.40. The number of halogens is 1. The third kappa shape index (κ3) is 3.17. The Balaban J connectivity index is 1.68. The zero-order chi connectivity index (χ0) is 15.5. The van der Waals surface area contributed by atoms with Crippen LogP contribution in [0.25, 0.3) is 5.69 Å². The molecule has 2 N–H and O–H groups in total. The van der Waals surface area contributed by atoms with Gasteiger partial charge < -0.3 is 15.0 Å². The number of aromatic nitrogens is 2. The van der Waals surface area contributed by atoms with E-state index < -0.39 is 5.82 Å². The standard InChI is InChI=1S/C16H18FN3O2/c17-14-9-12(3-6-15(14)20-8-7-18-10-20)19-16(22)11-1-4-13(21)5-2-11/h3,6-11,13,21H,1-2,4-5H2,(H,19,22). The van der Waals surface area contributed by atoms with Gasteiger partial charge in [-0.3, -0.25) is 4.79 Å². The molecule has 1 saturated carbocycles. The Morgan fingerprint density at radius 3 is 2.73 bits per heavy atom. The predicted octanol–water partition coefficient (Wildman–Crippen LogP) is 2.50. The number of amides is 1. The molecule has 1 aromatic heterocycles. The van der Waals surface area contributed by atoms with Crippen molar-refractivity contribution in [3.63, 3.8) is 0 Å². The molecule has 2 aromatic rings. The molecule has 0 spiro atoms. The van der Waals surface area contributed by atoms with E-state index in [1.807, 2.05) is 0 Å². The number of benzene rings is 1. The molecule has 1 aromatic carbocycles. The van der Waals surface area contributed by atoms with E-state index in [9.17, 15) is 14.3 Å². The maximum Gasteiger partial charge on any atom is 0.227 e. The lowest BCUT2D eigenvalue weighted by atomic mass is 9.87. The van der Waals surface area contributed by atoms with Gasteiger partial charge in [0.25, 0.3) is 0 Å². The number of nitrogens with zero attached hydrogens (tertiary/aromatic N) is 2. The highest BCUT2D eigenvalue weighted by Crippen LogP contribution is 2.26. The summed E-state index contributed by atoms with van der Waals surface area (Å²) in [4.78, 5) is 16.1. The van der Waals surface area contributed by atoms with E-state index in [1.165, 1.54) is 12.4 Å². The summed E-state index contributed by atoms with van der Waals surface area (Å²) < 4.78 is 15.7. The summed E-state index contributed by atoms with van der Waals surface area (Å²) >= 11 is 0. The molecule has 1 amide bonds. The average molecular weight is 303 g/mol. The summed E-state index contributed by atoms with van der Waals surface area (Å²) in [5.74, 6) is -0.642. The summed E-state index contributed by atoms with van der Waals surface area (Å²) in [6.07, 6.45) is 7.08. The summed E-state index contributed by atoms with van der Waals surface area (Å²) in [7, 11) is 0. The molecule has 1 aliphatic carbocycles. The molecule has 1 fully saturated rings. The van der Waals surface area contributed by atoms with Crippen molar-refractivity contribution in [2.24, 2.45) is 5.92 Å². The topological polar surface area (TPSA) is 67.2 Å². The van der Waals surface area contributed by atoms with Crippen LogP contribution in [0.15, 0.2) is 36.9 Å². The van der Waals surface area contributed by atoms with E-state index in [1.54, 1.807) is 29.1 Å². The summed E-state index contributed by atoms with van der Waals surface area (Å²) in [5.41, 5.74) is 0.828. The third-order valence-corrected chi connectivity index (χ3v) is 4.07. The van der Waals surface area contributed by atoms with E-state index >= 15 is 0 Å². The van der Waals surface area contributed by atoms with Crippen molar-refractivity contribution < 1.29 is 14.3 Å². The fourth-order valence-electron chi connectivity index (χ4n) is 2.78. The molecule has 1 heterocycles. The Labute approximate surface area is 127 Å². The smallest absolute Gasteiger partial charge is 0.227 e. The Morgan fingerprint density at radius 1 is 1.32 bits per heavy atom. The Kier molecular flexibility index (Phi) is 4.20. The second kappa shape index (κ2) is 6.27. The normalized spacial score (nSPS) is 21.5. The first-order chi connectivity index (χ1) is 10.6. The van der Waals surface area contributed by atoms with Crippen molar-refractivity contribution in [2.45, 2.75) is 31.8 Å². The van der Waals surface area contributed by atoms with Crippen LogP contribution in [-0.2, 0) is 4.79 Å². The van der Waals surface area contributed by atoms with Crippen molar-refractivity contribution in [1.82, 2.24) is 9.55 Å². The SMILES string of the molecule is O=C(Nc1ccc(-n2ccnc2)c(F)c1)C1CCC(O)CC1. The number of anilines is 1. The van der Waals surface area contributed by atoms with Crippen LogP contribution in [0.5, 0.6) is 0 Å². The van der Waals surface area contributed by atoms with Gasteiger partial charge in [-0.25, -0.2) is 9.37 Å². The van der Waals surface area contributed by atoms with Crippen molar-refractivity contribution in [1.29, 1.82) is 0 Å². The van der Waals surface area contributed by atoms with Gasteiger partial charge in [-0.1, -0.05) is 0 Å². The second-order valence-corrected chi connectivity index (χ2v) is 5.63. The van der Waals surface area contributed by atoms with E-state index in [0.29, 0.717) is 37.1 Å². The minimum Gasteiger partial charge on any atom is -0.393 e. The number of hydrogen-bond donors (Lipinski definition) is 2. The van der Waals surface area contributed by atoms with Crippen molar-refractivity contribution in [3.8, 4) is 5.69 Å². The van der Waals surface area contributed by atoms with Gasteiger partial charge in [-0.15, -0.1) is 0 Å². The minimum atomic E-state index is -0.421. The highest BCUT2D eigenvalue weighted by atomic mass is 19.1. The minimum absolute atomic E-state index is 0.110. The Bertz CT molecular complexity index is 649. The summed E-state index contributed by atoms with van der Waals surface area (Å²) in [6, 6.07) is 4.59. The number of imidazole rings is 1. The van der Waals surface area contributed by atoms with Gasteiger partial charge in [0, 0.05) is 24.0 Å². The molecule has 0 aliphatic heterocycles. The van der Waals surface area contributed by atoms with Crippen LogP contribution in [0.2, 0.25) is 0 Å².